The molecule has 4 aromatic rings. The highest BCUT2D eigenvalue weighted by atomic mass is 35.5. The van der Waals surface area contributed by atoms with Crippen LogP contribution in [-0.2, 0) is 16.9 Å². The number of aromatic nitrogens is 2. The second-order valence-corrected chi connectivity index (χ2v) is 12.6. The Bertz CT molecular complexity index is 1820. The molecule has 1 saturated heterocycles. The van der Waals surface area contributed by atoms with Crippen molar-refractivity contribution in [2.75, 3.05) is 11.9 Å². The van der Waals surface area contributed by atoms with Gasteiger partial charge >= 0.3 is 0 Å². The van der Waals surface area contributed by atoms with Gasteiger partial charge in [-0.15, -0.1) is 0 Å². The van der Waals surface area contributed by atoms with E-state index in [9.17, 15) is 14.8 Å². The van der Waals surface area contributed by atoms with Crippen molar-refractivity contribution in [1.29, 1.82) is 0 Å². The fourth-order valence-electron chi connectivity index (χ4n) is 7.80. The Morgan fingerprint density at radius 1 is 1.14 bits per heavy atom. The van der Waals surface area contributed by atoms with E-state index >= 15 is 4.39 Å². The van der Waals surface area contributed by atoms with Gasteiger partial charge in [0, 0.05) is 52.8 Å². The highest BCUT2D eigenvalue weighted by Crippen LogP contribution is 2.64. The normalized spacial score (nSPS) is 25.7. The first-order valence-corrected chi connectivity index (χ1v) is 14.8. The number of anilines is 1. The van der Waals surface area contributed by atoms with Gasteiger partial charge < -0.3 is 9.88 Å². The number of halogens is 3. The number of nitrogens with zero attached hydrogens (tertiary/aromatic N) is 3. The molecule has 8 nitrogen and oxygen atoms in total. The maximum atomic E-state index is 16.2. The Labute approximate surface area is 257 Å². The molecule has 222 valence electrons. The minimum absolute atomic E-state index is 0. The molecular weight excluding hydrogens is 592 g/mol. The summed E-state index contributed by atoms with van der Waals surface area (Å²) in [5, 5.41) is 12.8. The van der Waals surface area contributed by atoms with Crippen LogP contribution in [0.5, 0.6) is 0 Å². The SMILES string of the molecule is C.O=C(NO)c1ccc2c(c1)nc1n2CC[C@H]2[C@@H]1[C@H](c1cccc(Cl)c1F)[C@]1(C(=O)Nc3cc(Cl)ccc31)N2CC1CC1. The quantitative estimate of drug-likeness (QED) is 0.180. The van der Waals surface area contributed by atoms with Crippen LogP contribution in [0.3, 0.4) is 0 Å². The van der Waals surface area contributed by atoms with E-state index in [0.29, 0.717) is 40.8 Å². The van der Waals surface area contributed by atoms with E-state index in [1.165, 1.54) is 6.07 Å². The van der Waals surface area contributed by atoms with Gasteiger partial charge in [0.25, 0.3) is 5.91 Å². The number of nitrogens with one attached hydrogen (secondary N) is 2. The summed E-state index contributed by atoms with van der Waals surface area (Å²) in [6.45, 7) is 1.35. The lowest BCUT2D eigenvalue weighted by Gasteiger charge is -2.40. The molecule has 0 bridgehead atoms. The average molecular weight is 623 g/mol. The molecule has 43 heavy (non-hydrogen) atoms. The number of imidazole rings is 1. The molecule has 0 radical (unpaired) electrons. The van der Waals surface area contributed by atoms with Crippen LogP contribution in [0.2, 0.25) is 10.0 Å². The first-order chi connectivity index (χ1) is 20.3. The highest BCUT2D eigenvalue weighted by Gasteiger charge is 2.69. The van der Waals surface area contributed by atoms with E-state index in [1.807, 2.05) is 12.1 Å². The van der Waals surface area contributed by atoms with Crippen molar-refractivity contribution in [3.05, 3.63) is 93.0 Å². The lowest BCUT2D eigenvalue weighted by Crippen LogP contribution is -2.53. The van der Waals surface area contributed by atoms with Crippen LogP contribution in [0.15, 0.2) is 54.6 Å². The second-order valence-electron chi connectivity index (χ2n) is 11.8. The molecular formula is C32H30Cl2FN5O3. The van der Waals surface area contributed by atoms with Gasteiger partial charge in [-0.1, -0.05) is 48.8 Å². The summed E-state index contributed by atoms with van der Waals surface area (Å²) in [7, 11) is 0. The predicted molar refractivity (Wildman–Crippen MR) is 162 cm³/mol. The van der Waals surface area contributed by atoms with Crippen LogP contribution >= 0.6 is 23.2 Å². The smallest absolute Gasteiger partial charge is 0.274 e. The van der Waals surface area contributed by atoms with Crippen LogP contribution in [-0.4, -0.2) is 44.1 Å². The summed E-state index contributed by atoms with van der Waals surface area (Å²) in [6.07, 6.45) is 2.90. The summed E-state index contributed by atoms with van der Waals surface area (Å²) in [5.74, 6) is -1.20. The molecule has 3 aromatic carbocycles. The number of hydroxylamine groups is 1. The first kappa shape index (κ1) is 28.3. The van der Waals surface area contributed by atoms with Crippen molar-refractivity contribution >= 4 is 51.7 Å². The van der Waals surface area contributed by atoms with E-state index in [-0.39, 0.29) is 35.9 Å². The van der Waals surface area contributed by atoms with Crippen molar-refractivity contribution in [3.8, 4) is 0 Å². The van der Waals surface area contributed by atoms with Crippen LogP contribution in [0.4, 0.5) is 10.1 Å². The van der Waals surface area contributed by atoms with Gasteiger partial charge in [-0.3, -0.25) is 19.7 Å². The van der Waals surface area contributed by atoms with E-state index < -0.39 is 23.2 Å². The maximum Gasteiger partial charge on any atom is 0.274 e. The van der Waals surface area contributed by atoms with E-state index in [4.69, 9.17) is 28.2 Å². The molecule has 1 aromatic heterocycles. The zero-order valence-corrected chi connectivity index (χ0v) is 23.8. The topological polar surface area (TPSA) is 99.5 Å². The highest BCUT2D eigenvalue weighted by molar-refractivity contribution is 6.31. The molecule has 2 fully saturated rings. The Kier molecular flexibility index (Phi) is 6.59. The molecule has 4 aliphatic rings. The monoisotopic (exact) mass is 621 g/mol. The summed E-state index contributed by atoms with van der Waals surface area (Å²) < 4.78 is 18.3. The lowest BCUT2D eigenvalue weighted by atomic mass is 9.70. The molecule has 0 unspecified atom stereocenters. The van der Waals surface area contributed by atoms with Gasteiger partial charge in [0.1, 0.15) is 17.2 Å². The van der Waals surface area contributed by atoms with Crippen molar-refractivity contribution in [2.24, 2.45) is 5.92 Å². The zero-order valence-electron chi connectivity index (χ0n) is 22.3. The molecule has 11 heteroatoms. The number of benzene rings is 3. The van der Waals surface area contributed by atoms with Gasteiger partial charge in [0.2, 0.25) is 5.91 Å². The second kappa shape index (κ2) is 10.0. The molecule has 4 heterocycles. The predicted octanol–water partition coefficient (Wildman–Crippen LogP) is 6.45. The number of hydrogen-bond acceptors (Lipinski definition) is 5. The van der Waals surface area contributed by atoms with E-state index in [2.05, 4.69) is 14.8 Å². The fraction of sp³-hybridized carbons (Fsp3) is 0.344. The van der Waals surface area contributed by atoms with Crippen LogP contribution in [0, 0.1) is 11.7 Å². The zero-order chi connectivity index (χ0) is 28.9. The van der Waals surface area contributed by atoms with Crippen molar-refractivity contribution in [1.82, 2.24) is 19.9 Å². The number of carbonyl (C=O) groups is 2. The summed E-state index contributed by atoms with van der Waals surface area (Å²) in [5.41, 5.74) is 3.95. The number of rotatable bonds is 4. The van der Waals surface area contributed by atoms with Gasteiger partial charge in [-0.25, -0.2) is 14.9 Å². The van der Waals surface area contributed by atoms with Crippen LogP contribution < -0.4 is 10.8 Å². The number of amides is 2. The minimum Gasteiger partial charge on any atom is -0.328 e. The third-order valence-corrected chi connectivity index (χ3v) is 10.1. The summed E-state index contributed by atoms with van der Waals surface area (Å²) >= 11 is 12.8. The Morgan fingerprint density at radius 2 is 1.95 bits per heavy atom. The van der Waals surface area contributed by atoms with Gasteiger partial charge in [-0.05, 0) is 67.1 Å². The third-order valence-electron chi connectivity index (χ3n) is 9.62. The van der Waals surface area contributed by atoms with Crippen molar-refractivity contribution in [2.45, 2.75) is 56.7 Å². The fourth-order valence-corrected chi connectivity index (χ4v) is 8.15. The maximum absolute atomic E-state index is 16.2. The largest absolute Gasteiger partial charge is 0.328 e. The van der Waals surface area contributed by atoms with Gasteiger partial charge in [0.15, 0.2) is 0 Å². The molecule has 1 spiro atoms. The molecule has 3 aliphatic heterocycles. The third kappa shape index (κ3) is 3.91. The first-order valence-electron chi connectivity index (χ1n) is 14.1. The van der Waals surface area contributed by atoms with Crippen LogP contribution in [0.25, 0.3) is 11.0 Å². The van der Waals surface area contributed by atoms with Crippen molar-refractivity contribution < 1.29 is 19.2 Å². The van der Waals surface area contributed by atoms with Gasteiger partial charge in [-0.2, -0.15) is 0 Å². The number of aryl methyl sites for hydroxylation is 1. The molecule has 3 N–H and O–H groups in total. The van der Waals surface area contributed by atoms with Crippen LogP contribution in [0.1, 0.15) is 65.8 Å². The van der Waals surface area contributed by atoms with Crippen molar-refractivity contribution in [3.63, 3.8) is 0 Å². The number of carbonyl (C=O) groups excluding carboxylic acids is 2. The molecule has 2 amide bonds. The number of likely N-dealkylation sites (tertiary alicyclic amines) is 1. The Hall–Kier alpha value is -3.50. The van der Waals surface area contributed by atoms with E-state index in [0.717, 1.165) is 36.2 Å². The number of fused-ring (bicyclic) bond motifs is 7. The molecule has 8 rings (SSSR count). The number of hydrogen-bond donors (Lipinski definition) is 3. The summed E-state index contributed by atoms with van der Waals surface area (Å²) in [6, 6.07) is 15.4. The van der Waals surface area contributed by atoms with Gasteiger partial charge in [0.05, 0.1) is 16.1 Å². The molecule has 1 saturated carbocycles. The molecule has 4 atom stereocenters. The summed E-state index contributed by atoms with van der Waals surface area (Å²) in [4.78, 5) is 34.0. The Balaban J connectivity index is 0.00000300. The lowest BCUT2D eigenvalue weighted by molar-refractivity contribution is -0.128. The molecule has 1 aliphatic carbocycles. The average Bonchev–Trinajstić information content (AvgIpc) is 3.57. The minimum atomic E-state index is -1.21. The Morgan fingerprint density at radius 3 is 2.72 bits per heavy atom. The standard InChI is InChI=1S/C31H26Cl2FN5O3.CH4/c32-17-7-8-19-21(13-17)36-30(41)31(19)26(18-2-1-3-20(33)27(18)34)25-24(39(31)14-15-4-5-15)10-11-38-23-9-6-16(29(40)37-42)12-22(23)35-28(25)38;/h1-3,6-9,12-13,15,24-26,42H,4-5,10-11,14H2,(H,36,41)(H,37,40);1H4/t24-,25+,26-,31+;/m0./s1. The van der Waals surface area contributed by atoms with E-state index in [1.54, 1.807) is 41.9 Å².